The maximum absolute atomic E-state index is 11.1. The number of rotatable bonds is 5. The first-order valence-corrected chi connectivity index (χ1v) is 3.78. The van der Waals surface area contributed by atoms with Crippen LogP contribution in [0.5, 0.6) is 0 Å². The van der Waals surface area contributed by atoms with E-state index < -0.39 is 23.9 Å². The molecule has 3 amide bonds. The number of hydrogen-bond donors (Lipinski definition) is 3. The summed E-state index contributed by atoms with van der Waals surface area (Å²) in [6.07, 6.45) is 0.416. The number of hydrogen-bond acceptors (Lipinski definition) is 3. The summed E-state index contributed by atoms with van der Waals surface area (Å²) in [5.41, 5.74) is 4.91. The number of amides is 3. The monoisotopic (exact) mass is 187 g/mol. The molecule has 0 aliphatic carbocycles. The zero-order chi connectivity index (χ0) is 10.4. The largest absolute Gasteiger partial charge is 0.368 e. The van der Waals surface area contributed by atoms with Crippen LogP contribution in [0, 0.1) is 0 Å². The van der Waals surface area contributed by atoms with Crippen LogP contribution < -0.4 is 16.4 Å². The van der Waals surface area contributed by atoms with Gasteiger partial charge in [-0.25, -0.2) is 0 Å². The Bertz CT molecular complexity index is 217. The molecule has 13 heavy (non-hydrogen) atoms. The Hall–Kier alpha value is -1.59. The van der Waals surface area contributed by atoms with Gasteiger partial charge in [-0.05, 0) is 13.8 Å². The maximum Gasteiger partial charge on any atom is 0.242 e. The predicted molar refractivity (Wildman–Crippen MR) is 45.5 cm³/mol. The van der Waals surface area contributed by atoms with E-state index in [1.165, 1.54) is 13.8 Å². The van der Waals surface area contributed by atoms with Crippen molar-refractivity contribution in [2.45, 2.75) is 25.9 Å². The Morgan fingerprint density at radius 1 is 1.31 bits per heavy atom. The van der Waals surface area contributed by atoms with Crippen LogP contribution in [-0.2, 0) is 14.4 Å². The van der Waals surface area contributed by atoms with E-state index in [0.717, 1.165) is 0 Å². The van der Waals surface area contributed by atoms with E-state index in [0.29, 0.717) is 6.41 Å². The molecule has 0 fully saturated rings. The van der Waals surface area contributed by atoms with Crippen LogP contribution in [0.15, 0.2) is 0 Å². The normalized spacial score (nSPS) is 14.0. The summed E-state index contributed by atoms with van der Waals surface area (Å²) in [6.45, 7) is 2.96. The smallest absolute Gasteiger partial charge is 0.242 e. The number of nitrogens with two attached hydrogens (primary N) is 1. The summed E-state index contributed by atoms with van der Waals surface area (Å²) in [7, 11) is 0. The molecule has 4 N–H and O–H groups in total. The van der Waals surface area contributed by atoms with Gasteiger partial charge in [0.2, 0.25) is 18.2 Å². The van der Waals surface area contributed by atoms with Crippen molar-refractivity contribution in [1.82, 2.24) is 10.6 Å². The highest BCUT2D eigenvalue weighted by molar-refractivity contribution is 5.89. The maximum atomic E-state index is 11.1. The Morgan fingerprint density at radius 2 is 1.85 bits per heavy atom. The topological polar surface area (TPSA) is 101 Å². The predicted octanol–water partition coefficient (Wildman–Crippen LogP) is -1.89. The highest BCUT2D eigenvalue weighted by atomic mass is 16.2. The number of carbonyl (C=O) groups excluding carboxylic acids is 3. The lowest BCUT2D eigenvalue weighted by molar-refractivity contribution is -0.128. The molecule has 74 valence electrons. The third-order valence-electron chi connectivity index (χ3n) is 1.50. The first kappa shape index (κ1) is 11.4. The molecular formula is C7H13N3O3. The van der Waals surface area contributed by atoms with E-state index in [2.05, 4.69) is 10.6 Å². The molecule has 0 bridgehead atoms. The molecule has 0 aromatic rings. The zero-order valence-corrected chi connectivity index (χ0v) is 7.53. The second kappa shape index (κ2) is 5.13. The van der Waals surface area contributed by atoms with Crippen molar-refractivity contribution in [3.8, 4) is 0 Å². The van der Waals surface area contributed by atoms with Gasteiger partial charge in [-0.2, -0.15) is 0 Å². The van der Waals surface area contributed by atoms with Crippen molar-refractivity contribution < 1.29 is 14.4 Å². The quantitative estimate of drug-likeness (QED) is 0.438. The molecule has 0 saturated heterocycles. The first-order chi connectivity index (χ1) is 5.99. The van der Waals surface area contributed by atoms with Crippen LogP contribution in [0.2, 0.25) is 0 Å². The molecule has 0 spiro atoms. The Balaban J connectivity index is 3.99. The van der Waals surface area contributed by atoms with Crippen LogP contribution in [-0.4, -0.2) is 30.3 Å². The zero-order valence-electron chi connectivity index (χ0n) is 7.53. The second-order valence-electron chi connectivity index (χ2n) is 2.64. The number of primary amides is 1. The van der Waals surface area contributed by atoms with Gasteiger partial charge >= 0.3 is 0 Å². The lowest BCUT2D eigenvalue weighted by atomic mass is 10.2. The van der Waals surface area contributed by atoms with E-state index in [-0.39, 0.29) is 0 Å². The van der Waals surface area contributed by atoms with Gasteiger partial charge in [0.05, 0.1) is 0 Å². The Morgan fingerprint density at radius 3 is 2.23 bits per heavy atom. The fraction of sp³-hybridized carbons (Fsp3) is 0.571. The molecular weight excluding hydrogens is 174 g/mol. The summed E-state index contributed by atoms with van der Waals surface area (Å²) >= 11 is 0. The molecule has 6 nitrogen and oxygen atoms in total. The average Bonchev–Trinajstić information content (AvgIpc) is 2.04. The van der Waals surface area contributed by atoms with Gasteiger partial charge in [0.25, 0.3) is 0 Å². The van der Waals surface area contributed by atoms with Gasteiger partial charge in [-0.3, -0.25) is 14.4 Å². The van der Waals surface area contributed by atoms with Crippen LogP contribution in [0.4, 0.5) is 0 Å². The minimum atomic E-state index is -0.733. The average molecular weight is 187 g/mol. The Kier molecular flexibility index (Phi) is 4.50. The molecule has 0 rings (SSSR count). The third kappa shape index (κ3) is 4.09. The molecule has 0 aromatic heterocycles. The van der Waals surface area contributed by atoms with Crippen molar-refractivity contribution in [2.75, 3.05) is 0 Å². The molecule has 2 unspecified atom stereocenters. The highest BCUT2D eigenvalue weighted by Crippen LogP contribution is 1.84. The molecule has 0 saturated carbocycles. The minimum absolute atomic E-state index is 0.416. The number of nitrogens with one attached hydrogen (secondary N) is 2. The fourth-order valence-corrected chi connectivity index (χ4v) is 0.587. The first-order valence-electron chi connectivity index (χ1n) is 3.78. The SMILES string of the molecule is CC(NC(=O)C(C)NC=O)C(N)=O. The fourth-order valence-electron chi connectivity index (χ4n) is 0.587. The van der Waals surface area contributed by atoms with E-state index in [1.807, 2.05) is 0 Å². The third-order valence-corrected chi connectivity index (χ3v) is 1.50. The standard InChI is InChI=1S/C7H13N3O3/c1-4(6(8)12)10-7(13)5(2)9-3-11/h3-5H,1-2H3,(H2,8,12)(H,9,11)(H,10,13). The van der Waals surface area contributed by atoms with Crippen LogP contribution in [0.25, 0.3) is 0 Å². The molecule has 0 heterocycles. The van der Waals surface area contributed by atoms with E-state index in [1.54, 1.807) is 0 Å². The summed E-state index contributed by atoms with van der Waals surface area (Å²) in [5.74, 6) is -1.06. The van der Waals surface area contributed by atoms with Crippen LogP contribution in [0.3, 0.4) is 0 Å². The molecule has 0 aliphatic heterocycles. The van der Waals surface area contributed by atoms with Crippen molar-refractivity contribution in [1.29, 1.82) is 0 Å². The van der Waals surface area contributed by atoms with Crippen LogP contribution >= 0.6 is 0 Å². The highest BCUT2D eigenvalue weighted by Gasteiger charge is 2.16. The number of carbonyl (C=O) groups is 3. The molecule has 0 aromatic carbocycles. The van der Waals surface area contributed by atoms with Gasteiger partial charge in [-0.1, -0.05) is 0 Å². The van der Waals surface area contributed by atoms with Crippen LogP contribution in [0.1, 0.15) is 13.8 Å². The molecule has 0 radical (unpaired) electrons. The van der Waals surface area contributed by atoms with E-state index in [4.69, 9.17) is 5.73 Å². The lowest BCUT2D eigenvalue weighted by Gasteiger charge is -2.14. The van der Waals surface area contributed by atoms with E-state index in [9.17, 15) is 14.4 Å². The lowest BCUT2D eigenvalue weighted by Crippen LogP contribution is -2.49. The molecule has 0 aliphatic rings. The van der Waals surface area contributed by atoms with Crippen molar-refractivity contribution >= 4 is 18.2 Å². The summed E-state index contributed by atoms with van der Waals surface area (Å²) in [6, 6.07) is -1.40. The van der Waals surface area contributed by atoms with Gasteiger partial charge in [0.15, 0.2) is 0 Å². The van der Waals surface area contributed by atoms with Gasteiger partial charge in [0, 0.05) is 0 Å². The van der Waals surface area contributed by atoms with Gasteiger partial charge < -0.3 is 16.4 Å². The summed E-state index contributed by atoms with van der Waals surface area (Å²) < 4.78 is 0. The van der Waals surface area contributed by atoms with Gasteiger partial charge in [0.1, 0.15) is 12.1 Å². The minimum Gasteiger partial charge on any atom is -0.368 e. The summed E-state index contributed by atoms with van der Waals surface area (Å²) in [5, 5.41) is 4.57. The van der Waals surface area contributed by atoms with E-state index >= 15 is 0 Å². The van der Waals surface area contributed by atoms with Gasteiger partial charge in [-0.15, -0.1) is 0 Å². The molecule has 2 atom stereocenters. The molecule has 6 heteroatoms. The van der Waals surface area contributed by atoms with Crippen molar-refractivity contribution in [2.24, 2.45) is 5.73 Å². The second-order valence-corrected chi connectivity index (χ2v) is 2.64. The summed E-state index contributed by atoms with van der Waals surface area (Å²) in [4.78, 5) is 31.6. The van der Waals surface area contributed by atoms with Crippen molar-refractivity contribution in [3.05, 3.63) is 0 Å². The van der Waals surface area contributed by atoms with Crippen molar-refractivity contribution in [3.63, 3.8) is 0 Å². The Labute approximate surface area is 75.9 Å².